The third-order valence-corrected chi connectivity index (χ3v) is 3.58. The van der Waals surface area contributed by atoms with Crippen molar-refractivity contribution >= 4 is 17.4 Å². The molecule has 1 heterocycles. The van der Waals surface area contributed by atoms with Gasteiger partial charge < -0.3 is 11.1 Å². The van der Waals surface area contributed by atoms with E-state index in [9.17, 15) is 4.79 Å². The van der Waals surface area contributed by atoms with E-state index in [1.54, 1.807) is 12.1 Å². The zero-order valence-electron chi connectivity index (χ0n) is 12.0. The van der Waals surface area contributed by atoms with Crippen LogP contribution in [0.5, 0.6) is 0 Å². The standard InChI is InChI=1S/C16H19N3O/c1-10-4-5-13(12(3)11(10)2)8-16(20)19-15-7-6-14(17)9-18-15/h4-7,9H,8,17H2,1-3H3,(H,18,19,20). The van der Waals surface area contributed by atoms with Gasteiger partial charge in [-0.15, -0.1) is 0 Å². The van der Waals surface area contributed by atoms with E-state index < -0.39 is 0 Å². The van der Waals surface area contributed by atoms with Crippen LogP contribution in [-0.4, -0.2) is 10.9 Å². The molecule has 0 atom stereocenters. The number of nitrogens with two attached hydrogens (primary N) is 1. The largest absolute Gasteiger partial charge is 0.397 e. The summed E-state index contributed by atoms with van der Waals surface area (Å²) in [5.41, 5.74) is 10.8. The van der Waals surface area contributed by atoms with E-state index >= 15 is 0 Å². The van der Waals surface area contributed by atoms with Gasteiger partial charge in [-0.2, -0.15) is 0 Å². The third-order valence-electron chi connectivity index (χ3n) is 3.58. The van der Waals surface area contributed by atoms with Crippen LogP contribution in [0.1, 0.15) is 22.3 Å². The Morgan fingerprint density at radius 1 is 1.15 bits per heavy atom. The van der Waals surface area contributed by atoms with Crippen molar-refractivity contribution in [1.29, 1.82) is 0 Å². The van der Waals surface area contributed by atoms with Crippen molar-refractivity contribution in [2.75, 3.05) is 11.1 Å². The molecule has 0 fully saturated rings. The van der Waals surface area contributed by atoms with Gasteiger partial charge in [0.2, 0.25) is 5.91 Å². The van der Waals surface area contributed by atoms with E-state index in [1.807, 2.05) is 19.1 Å². The summed E-state index contributed by atoms with van der Waals surface area (Å²) < 4.78 is 0. The van der Waals surface area contributed by atoms with Gasteiger partial charge in [-0.25, -0.2) is 4.98 Å². The lowest BCUT2D eigenvalue weighted by molar-refractivity contribution is -0.115. The molecule has 3 N–H and O–H groups in total. The minimum absolute atomic E-state index is 0.0753. The van der Waals surface area contributed by atoms with Crippen LogP contribution in [0.4, 0.5) is 11.5 Å². The molecule has 2 aromatic rings. The number of aromatic nitrogens is 1. The predicted molar refractivity (Wildman–Crippen MR) is 81.6 cm³/mol. The van der Waals surface area contributed by atoms with Crippen molar-refractivity contribution in [1.82, 2.24) is 4.98 Å². The van der Waals surface area contributed by atoms with Gasteiger partial charge in [0, 0.05) is 0 Å². The number of carbonyl (C=O) groups is 1. The maximum atomic E-state index is 12.0. The van der Waals surface area contributed by atoms with Gasteiger partial charge in [-0.05, 0) is 55.2 Å². The molecular formula is C16H19N3O. The number of anilines is 2. The number of rotatable bonds is 3. The Hall–Kier alpha value is -2.36. The number of hydrogen-bond donors (Lipinski definition) is 2. The Morgan fingerprint density at radius 2 is 1.90 bits per heavy atom. The van der Waals surface area contributed by atoms with Gasteiger partial charge >= 0.3 is 0 Å². The minimum Gasteiger partial charge on any atom is -0.397 e. The average Bonchev–Trinajstić information content (AvgIpc) is 2.42. The Morgan fingerprint density at radius 3 is 2.55 bits per heavy atom. The number of nitrogens with one attached hydrogen (secondary N) is 1. The van der Waals surface area contributed by atoms with Crippen LogP contribution in [0.15, 0.2) is 30.5 Å². The maximum Gasteiger partial charge on any atom is 0.229 e. The van der Waals surface area contributed by atoms with Gasteiger partial charge in [0.15, 0.2) is 0 Å². The number of benzene rings is 1. The quantitative estimate of drug-likeness (QED) is 0.900. The molecule has 1 aromatic carbocycles. The second kappa shape index (κ2) is 5.74. The molecule has 2 rings (SSSR count). The number of pyridine rings is 1. The lowest BCUT2D eigenvalue weighted by Crippen LogP contribution is -2.16. The van der Waals surface area contributed by atoms with Crippen LogP contribution in [0, 0.1) is 20.8 Å². The Bertz CT molecular complexity index is 633. The summed E-state index contributed by atoms with van der Waals surface area (Å²) in [5.74, 6) is 0.444. The van der Waals surface area contributed by atoms with E-state index in [4.69, 9.17) is 5.73 Å². The second-order valence-corrected chi connectivity index (χ2v) is 4.99. The van der Waals surface area contributed by atoms with E-state index in [-0.39, 0.29) is 5.91 Å². The summed E-state index contributed by atoms with van der Waals surface area (Å²) in [5, 5.41) is 2.77. The average molecular weight is 269 g/mol. The Labute approximate surface area is 119 Å². The molecule has 0 aliphatic heterocycles. The Balaban J connectivity index is 2.08. The molecule has 0 saturated heterocycles. The minimum atomic E-state index is -0.0753. The van der Waals surface area contributed by atoms with Gasteiger partial charge in [-0.1, -0.05) is 12.1 Å². The number of aryl methyl sites for hydroxylation is 1. The molecule has 104 valence electrons. The molecule has 4 heteroatoms. The topological polar surface area (TPSA) is 68.0 Å². The van der Waals surface area contributed by atoms with Crippen molar-refractivity contribution in [2.45, 2.75) is 27.2 Å². The molecule has 0 aliphatic rings. The molecule has 0 radical (unpaired) electrons. The highest BCUT2D eigenvalue weighted by Gasteiger charge is 2.09. The lowest BCUT2D eigenvalue weighted by atomic mass is 9.97. The maximum absolute atomic E-state index is 12.0. The molecule has 0 bridgehead atoms. The summed E-state index contributed by atoms with van der Waals surface area (Å²) in [6.45, 7) is 6.20. The predicted octanol–water partition coefficient (Wildman–Crippen LogP) is 2.77. The van der Waals surface area contributed by atoms with Crippen LogP contribution in [0.3, 0.4) is 0 Å². The monoisotopic (exact) mass is 269 g/mol. The first-order chi connectivity index (χ1) is 9.47. The molecule has 20 heavy (non-hydrogen) atoms. The zero-order chi connectivity index (χ0) is 14.7. The van der Waals surface area contributed by atoms with Crippen LogP contribution in [-0.2, 0) is 11.2 Å². The fourth-order valence-corrected chi connectivity index (χ4v) is 2.04. The van der Waals surface area contributed by atoms with E-state index in [2.05, 4.69) is 24.1 Å². The zero-order valence-corrected chi connectivity index (χ0v) is 12.0. The second-order valence-electron chi connectivity index (χ2n) is 4.99. The van der Waals surface area contributed by atoms with Gasteiger partial charge in [0.1, 0.15) is 5.82 Å². The molecule has 1 amide bonds. The summed E-state index contributed by atoms with van der Waals surface area (Å²) in [6.07, 6.45) is 1.87. The number of nitrogens with zero attached hydrogens (tertiary/aromatic N) is 1. The van der Waals surface area contributed by atoms with Crippen LogP contribution in [0.25, 0.3) is 0 Å². The first-order valence-corrected chi connectivity index (χ1v) is 6.54. The van der Waals surface area contributed by atoms with Crippen LogP contribution < -0.4 is 11.1 Å². The van der Waals surface area contributed by atoms with Crippen molar-refractivity contribution in [3.63, 3.8) is 0 Å². The summed E-state index contributed by atoms with van der Waals surface area (Å²) in [7, 11) is 0. The first kappa shape index (κ1) is 14.1. The van der Waals surface area contributed by atoms with Crippen molar-refractivity contribution < 1.29 is 4.79 Å². The number of amides is 1. The molecule has 0 saturated carbocycles. The summed E-state index contributed by atoms with van der Waals surface area (Å²) in [4.78, 5) is 16.1. The fraction of sp³-hybridized carbons (Fsp3) is 0.250. The van der Waals surface area contributed by atoms with Crippen LogP contribution in [0.2, 0.25) is 0 Å². The molecule has 1 aromatic heterocycles. The van der Waals surface area contributed by atoms with Gasteiger partial charge in [-0.3, -0.25) is 4.79 Å². The first-order valence-electron chi connectivity index (χ1n) is 6.54. The van der Waals surface area contributed by atoms with E-state index in [0.29, 0.717) is 17.9 Å². The molecule has 0 aliphatic carbocycles. The third kappa shape index (κ3) is 3.15. The fourth-order valence-electron chi connectivity index (χ4n) is 2.04. The number of carbonyl (C=O) groups excluding carboxylic acids is 1. The summed E-state index contributed by atoms with van der Waals surface area (Å²) >= 11 is 0. The number of nitrogen functional groups attached to an aromatic ring is 1. The van der Waals surface area contributed by atoms with Gasteiger partial charge in [0.05, 0.1) is 18.3 Å². The van der Waals surface area contributed by atoms with E-state index in [1.165, 1.54) is 22.9 Å². The molecule has 0 spiro atoms. The molecule has 0 unspecified atom stereocenters. The van der Waals surface area contributed by atoms with Crippen molar-refractivity contribution in [3.05, 3.63) is 52.7 Å². The highest BCUT2D eigenvalue weighted by molar-refractivity contribution is 5.91. The Kier molecular flexibility index (Phi) is 4.03. The van der Waals surface area contributed by atoms with Crippen LogP contribution >= 0.6 is 0 Å². The van der Waals surface area contributed by atoms with Crippen molar-refractivity contribution in [2.24, 2.45) is 0 Å². The van der Waals surface area contributed by atoms with Gasteiger partial charge in [0.25, 0.3) is 0 Å². The molecule has 4 nitrogen and oxygen atoms in total. The smallest absolute Gasteiger partial charge is 0.229 e. The normalized spacial score (nSPS) is 10.3. The van der Waals surface area contributed by atoms with Crippen molar-refractivity contribution in [3.8, 4) is 0 Å². The summed E-state index contributed by atoms with van der Waals surface area (Å²) in [6, 6.07) is 7.46. The highest BCUT2D eigenvalue weighted by atomic mass is 16.1. The molecular weight excluding hydrogens is 250 g/mol. The van der Waals surface area contributed by atoms with E-state index in [0.717, 1.165) is 5.56 Å². The highest BCUT2D eigenvalue weighted by Crippen LogP contribution is 2.18. The number of hydrogen-bond acceptors (Lipinski definition) is 3. The lowest BCUT2D eigenvalue weighted by Gasteiger charge is -2.11. The SMILES string of the molecule is Cc1ccc(CC(=O)Nc2ccc(N)cn2)c(C)c1C.